The SMILES string of the molecule is CCC1CCCCN1C1NC(=O)C2C(NC(=O)CC2C(=O)Nc2cc(Cl)ccc2Cl)N1. The summed E-state index contributed by atoms with van der Waals surface area (Å²) in [6.07, 6.45) is 3.24. The lowest BCUT2D eigenvalue weighted by atomic mass is 9.81. The zero-order chi connectivity index (χ0) is 22.1. The predicted octanol–water partition coefficient (Wildman–Crippen LogP) is 2.28. The van der Waals surface area contributed by atoms with E-state index in [0.717, 1.165) is 25.8 Å². The van der Waals surface area contributed by atoms with Crippen molar-refractivity contribution in [2.24, 2.45) is 11.8 Å². The van der Waals surface area contributed by atoms with Gasteiger partial charge in [0.25, 0.3) is 0 Å². The first kappa shape index (κ1) is 22.3. The molecule has 0 bridgehead atoms. The lowest BCUT2D eigenvalue weighted by Crippen LogP contribution is -2.75. The van der Waals surface area contributed by atoms with Gasteiger partial charge in [0, 0.05) is 24.0 Å². The van der Waals surface area contributed by atoms with Gasteiger partial charge in [0.1, 0.15) is 6.29 Å². The quantitative estimate of drug-likeness (QED) is 0.543. The Labute approximate surface area is 191 Å². The van der Waals surface area contributed by atoms with Gasteiger partial charge in [0.05, 0.1) is 28.7 Å². The van der Waals surface area contributed by atoms with Crippen LogP contribution in [0.3, 0.4) is 0 Å². The number of nitrogens with zero attached hydrogens (tertiary/aromatic N) is 1. The minimum Gasteiger partial charge on any atom is -0.340 e. The molecule has 4 N–H and O–H groups in total. The molecule has 4 rings (SSSR count). The van der Waals surface area contributed by atoms with Crippen LogP contribution < -0.4 is 21.3 Å². The van der Waals surface area contributed by atoms with E-state index in [1.54, 1.807) is 18.2 Å². The van der Waals surface area contributed by atoms with Gasteiger partial charge in [-0.3, -0.25) is 24.6 Å². The van der Waals surface area contributed by atoms with Crippen molar-refractivity contribution < 1.29 is 14.4 Å². The van der Waals surface area contributed by atoms with Crippen molar-refractivity contribution in [3.05, 3.63) is 28.2 Å². The molecular weight excluding hydrogens is 441 g/mol. The van der Waals surface area contributed by atoms with Crippen molar-refractivity contribution >= 4 is 46.6 Å². The zero-order valence-corrected chi connectivity index (χ0v) is 18.8. The van der Waals surface area contributed by atoms with Crippen LogP contribution in [0.15, 0.2) is 18.2 Å². The van der Waals surface area contributed by atoms with Crippen LogP contribution in [0.2, 0.25) is 10.0 Å². The second-order valence-corrected chi connectivity index (χ2v) is 9.21. The Bertz CT molecular complexity index is 883. The van der Waals surface area contributed by atoms with Gasteiger partial charge >= 0.3 is 0 Å². The first-order chi connectivity index (χ1) is 14.9. The maximum absolute atomic E-state index is 13.1. The normalized spacial score (nSPS) is 31.4. The molecule has 3 saturated heterocycles. The number of hydrogen-bond donors (Lipinski definition) is 4. The van der Waals surface area contributed by atoms with Crippen LogP contribution >= 0.6 is 23.2 Å². The summed E-state index contributed by atoms with van der Waals surface area (Å²) >= 11 is 12.2. The van der Waals surface area contributed by atoms with Crippen molar-refractivity contribution in [3.63, 3.8) is 0 Å². The highest BCUT2D eigenvalue weighted by atomic mass is 35.5. The summed E-state index contributed by atoms with van der Waals surface area (Å²) in [5.41, 5.74) is 0.350. The van der Waals surface area contributed by atoms with Crippen molar-refractivity contribution in [2.45, 2.75) is 57.5 Å². The molecule has 5 unspecified atom stereocenters. The molecule has 31 heavy (non-hydrogen) atoms. The molecule has 3 fully saturated rings. The van der Waals surface area contributed by atoms with Crippen LogP contribution in [0.1, 0.15) is 39.0 Å². The van der Waals surface area contributed by atoms with E-state index in [0.29, 0.717) is 21.8 Å². The highest BCUT2D eigenvalue weighted by Crippen LogP contribution is 2.31. The first-order valence-electron chi connectivity index (χ1n) is 10.7. The fourth-order valence-electron chi connectivity index (χ4n) is 4.86. The fraction of sp³-hybridized carbons (Fsp3) is 0.571. The number of fused-ring (bicyclic) bond motifs is 1. The summed E-state index contributed by atoms with van der Waals surface area (Å²) in [5.74, 6) is -2.51. The zero-order valence-electron chi connectivity index (χ0n) is 17.3. The number of halogens is 2. The molecule has 10 heteroatoms. The number of piperidine rings is 2. The minimum atomic E-state index is -0.828. The lowest BCUT2D eigenvalue weighted by Gasteiger charge is -2.49. The molecule has 0 aliphatic carbocycles. The smallest absolute Gasteiger partial charge is 0.229 e. The molecule has 0 saturated carbocycles. The van der Waals surface area contributed by atoms with Crippen LogP contribution in [0, 0.1) is 11.8 Å². The number of carbonyl (C=O) groups excluding carboxylic acids is 3. The maximum Gasteiger partial charge on any atom is 0.229 e. The third-order valence-electron chi connectivity index (χ3n) is 6.43. The van der Waals surface area contributed by atoms with E-state index in [2.05, 4.69) is 33.1 Å². The molecule has 0 spiro atoms. The van der Waals surface area contributed by atoms with Gasteiger partial charge in [-0.1, -0.05) is 36.5 Å². The van der Waals surface area contributed by atoms with Crippen LogP contribution in [0.5, 0.6) is 0 Å². The van der Waals surface area contributed by atoms with Crippen molar-refractivity contribution in [2.75, 3.05) is 11.9 Å². The standard InChI is InChI=1S/C21H27Cl2N5O3/c1-2-12-5-3-4-8-28(12)21-26-18-17(20(31)27-21)13(10-16(29)25-18)19(30)24-15-9-11(22)6-7-14(15)23/h6-7,9,12-13,17-18,21,26H,2-5,8,10H2,1H3,(H,24,30)(H,25,29)(H,27,31). The average Bonchev–Trinajstić information content (AvgIpc) is 2.75. The summed E-state index contributed by atoms with van der Waals surface area (Å²) in [6.45, 7) is 3.01. The Balaban J connectivity index is 1.52. The number of likely N-dealkylation sites (tertiary alicyclic amines) is 1. The Morgan fingerprint density at radius 2 is 2.03 bits per heavy atom. The monoisotopic (exact) mass is 467 g/mol. The second kappa shape index (κ2) is 9.32. The van der Waals surface area contributed by atoms with Gasteiger partial charge in [-0.05, 0) is 37.5 Å². The largest absolute Gasteiger partial charge is 0.340 e. The van der Waals surface area contributed by atoms with Gasteiger partial charge < -0.3 is 16.0 Å². The highest BCUT2D eigenvalue weighted by Gasteiger charge is 2.49. The van der Waals surface area contributed by atoms with Crippen LogP contribution in [0.25, 0.3) is 0 Å². The number of nitrogens with one attached hydrogen (secondary N) is 4. The number of hydrogen-bond acceptors (Lipinski definition) is 5. The van der Waals surface area contributed by atoms with Crippen LogP contribution in [-0.2, 0) is 14.4 Å². The average molecular weight is 468 g/mol. The molecule has 0 aromatic heterocycles. The van der Waals surface area contributed by atoms with E-state index in [-0.39, 0.29) is 24.5 Å². The number of anilines is 1. The summed E-state index contributed by atoms with van der Waals surface area (Å²) in [7, 11) is 0. The summed E-state index contributed by atoms with van der Waals surface area (Å²) < 4.78 is 0. The van der Waals surface area contributed by atoms with Crippen molar-refractivity contribution in [1.29, 1.82) is 0 Å². The summed E-state index contributed by atoms with van der Waals surface area (Å²) in [5, 5.41) is 12.7. The maximum atomic E-state index is 13.1. The predicted molar refractivity (Wildman–Crippen MR) is 118 cm³/mol. The number of rotatable bonds is 4. The number of benzene rings is 1. The minimum absolute atomic E-state index is 0.0771. The number of amides is 3. The van der Waals surface area contributed by atoms with E-state index in [9.17, 15) is 14.4 Å². The molecule has 0 radical (unpaired) electrons. The molecular formula is C21H27Cl2N5O3. The molecule has 3 aliphatic heterocycles. The molecule has 3 heterocycles. The fourth-order valence-corrected chi connectivity index (χ4v) is 5.19. The molecule has 1 aromatic rings. The highest BCUT2D eigenvalue weighted by molar-refractivity contribution is 6.35. The third kappa shape index (κ3) is 4.67. The van der Waals surface area contributed by atoms with Crippen LogP contribution in [0.4, 0.5) is 5.69 Å². The first-order valence-corrected chi connectivity index (χ1v) is 11.5. The Morgan fingerprint density at radius 3 is 2.81 bits per heavy atom. The lowest BCUT2D eigenvalue weighted by molar-refractivity contribution is -0.148. The van der Waals surface area contributed by atoms with Gasteiger partial charge in [0.15, 0.2) is 0 Å². The molecule has 8 nitrogen and oxygen atoms in total. The van der Waals surface area contributed by atoms with E-state index in [1.807, 2.05) is 0 Å². The third-order valence-corrected chi connectivity index (χ3v) is 7.00. The Morgan fingerprint density at radius 1 is 1.23 bits per heavy atom. The molecule has 3 aliphatic rings. The van der Waals surface area contributed by atoms with Crippen LogP contribution in [-0.4, -0.2) is 47.7 Å². The summed E-state index contributed by atoms with van der Waals surface area (Å²) in [6, 6.07) is 5.11. The summed E-state index contributed by atoms with van der Waals surface area (Å²) in [4.78, 5) is 40.8. The van der Waals surface area contributed by atoms with E-state index < -0.39 is 23.9 Å². The van der Waals surface area contributed by atoms with E-state index in [1.165, 1.54) is 6.42 Å². The van der Waals surface area contributed by atoms with Gasteiger partial charge in [-0.2, -0.15) is 0 Å². The molecule has 168 valence electrons. The van der Waals surface area contributed by atoms with Crippen molar-refractivity contribution in [1.82, 2.24) is 20.9 Å². The number of carbonyl (C=O) groups is 3. The molecule has 5 atom stereocenters. The molecule has 1 aromatic carbocycles. The van der Waals surface area contributed by atoms with Gasteiger partial charge in [0.2, 0.25) is 17.7 Å². The Kier molecular flexibility index (Phi) is 6.71. The topological polar surface area (TPSA) is 103 Å². The van der Waals surface area contributed by atoms with E-state index >= 15 is 0 Å². The van der Waals surface area contributed by atoms with Gasteiger partial charge in [-0.15, -0.1) is 0 Å². The van der Waals surface area contributed by atoms with Gasteiger partial charge in [-0.25, -0.2) is 0 Å². The van der Waals surface area contributed by atoms with E-state index in [4.69, 9.17) is 23.2 Å². The van der Waals surface area contributed by atoms with Crippen molar-refractivity contribution in [3.8, 4) is 0 Å². The Hall–Kier alpha value is -1.87. The molecule has 3 amide bonds. The second-order valence-electron chi connectivity index (χ2n) is 8.37.